The number of ether oxygens (including phenoxy) is 1. The minimum Gasteiger partial charge on any atom is -0.478 e. The summed E-state index contributed by atoms with van der Waals surface area (Å²) < 4.78 is 25.0. The molecule has 4 aromatic rings. The zero-order valence-corrected chi connectivity index (χ0v) is 17.5. The van der Waals surface area contributed by atoms with E-state index in [4.69, 9.17) is 9.15 Å². The zero-order valence-electron chi connectivity index (χ0n) is 16.7. The lowest BCUT2D eigenvalue weighted by Gasteiger charge is -2.11. The Hall–Kier alpha value is -3.13. The zero-order chi connectivity index (χ0) is 21.3. The number of ketones is 1. The summed E-state index contributed by atoms with van der Waals surface area (Å²) in [7, 11) is 0. The van der Waals surface area contributed by atoms with E-state index in [1.54, 1.807) is 26.0 Å². The van der Waals surface area contributed by atoms with Gasteiger partial charge in [0.15, 0.2) is 23.5 Å². The van der Waals surface area contributed by atoms with Crippen LogP contribution < -0.4 is 4.74 Å². The molecule has 30 heavy (non-hydrogen) atoms. The molecule has 0 bridgehead atoms. The van der Waals surface area contributed by atoms with Crippen molar-refractivity contribution >= 4 is 28.4 Å². The number of para-hydroxylation sites is 2. The van der Waals surface area contributed by atoms with E-state index in [-0.39, 0.29) is 22.6 Å². The maximum atomic E-state index is 13.8. The number of Topliss-reactive ketones (excluding diaryl/α,β-unsaturated/α-hetero) is 1. The molecular weight excluding hydrogens is 405 g/mol. The first kappa shape index (κ1) is 20.2. The second-order valence-corrected chi connectivity index (χ2v) is 8.18. The number of rotatable bonds is 7. The normalized spacial score (nSPS) is 13.3. The average Bonchev–Trinajstić information content (AvgIpc) is 3.32. The molecule has 0 aliphatic heterocycles. The number of halogens is 1. The van der Waals surface area contributed by atoms with Gasteiger partial charge in [-0.2, -0.15) is 0 Å². The number of aromatic amines is 1. The van der Waals surface area contributed by atoms with Gasteiger partial charge in [-0.25, -0.2) is 4.39 Å². The van der Waals surface area contributed by atoms with Crippen LogP contribution in [0.4, 0.5) is 4.39 Å². The predicted molar refractivity (Wildman–Crippen MR) is 112 cm³/mol. The Morgan fingerprint density at radius 2 is 1.87 bits per heavy atom. The number of fused-ring (bicyclic) bond motifs is 1. The Balaban J connectivity index is 1.47. The molecule has 0 unspecified atom stereocenters. The molecule has 4 rings (SSSR count). The number of benzene rings is 2. The van der Waals surface area contributed by atoms with Crippen LogP contribution in [0, 0.1) is 12.7 Å². The van der Waals surface area contributed by atoms with Crippen molar-refractivity contribution < 1.29 is 18.3 Å². The first-order chi connectivity index (χ1) is 14.4. The van der Waals surface area contributed by atoms with Gasteiger partial charge in [0.2, 0.25) is 0 Å². The number of nitrogens with one attached hydrogen (secondary N) is 1. The molecule has 0 spiro atoms. The Bertz CT molecular complexity index is 1200. The van der Waals surface area contributed by atoms with E-state index >= 15 is 0 Å². The molecule has 0 aliphatic rings. The second kappa shape index (κ2) is 8.31. The molecule has 1 N–H and O–H groups in total. The quantitative estimate of drug-likeness (QED) is 0.311. The number of aromatic nitrogens is 3. The fraction of sp³-hybridized carbons (Fsp3) is 0.227. The number of hydrogen-bond acceptors (Lipinski definition) is 6. The molecule has 2 atom stereocenters. The lowest BCUT2D eigenvalue weighted by molar-refractivity contribution is 0.0994. The van der Waals surface area contributed by atoms with Crippen LogP contribution in [0.1, 0.15) is 41.9 Å². The largest absolute Gasteiger partial charge is 0.478 e. The number of nitrogens with zero attached hydrogens (tertiary/aromatic N) is 2. The van der Waals surface area contributed by atoms with Gasteiger partial charge in [0.25, 0.3) is 11.1 Å². The summed E-state index contributed by atoms with van der Waals surface area (Å²) in [6.45, 7) is 5.38. The highest BCUT2D eigenvalue weighted by Gasteiger charge is 2.25. The van der Waals surface area contributed by atoms with Crippen LogP contribution in [0.5, 0.6) is 5.75 Å². The van der Waals surface area contributed by atoms with E-state index < -0.39 is 17.2 Å². The van der Waals surface area contributed by atoms with Crippen molar-refractivity contribution in [3.05, 3.63) is 71.5 Å². The number of H-pyrrole nitrogens is 1. The van der Waals surface area contributed by atoms with Crippen molar-refractivity contribution in [3.8, 4) is 5.75 Å². The van der Waals surface area contributed by atoms with Crippen molar-refractivity contribution in [2.75, 3.05) is 0 Å². The number of carbonyl (C=O) groups excluding carboxylic acids is 1. The Kier molecular flexibility index (Phi) is 5.59. The Morgan fingerprint density at radius 1 is 1.13 bits per heavy atom. The summed E-state index contributed by atoms with van der Waals surface area (Å²) in [5.74, 6) is -0.170. The number of thioether (sulfide) groups is 1. The smallest absolute Gasteiger partial charge is 0.277 e. The summed E-state index contributed by atoms with van der Waals surface area (Å²) in [6, 6.07) is 13.8. The van der Waals surface area contributed by atoms with E-state index in [1.807, 2.05) is 31.2 Å². The van der Waals surface area contributed by atoms with E-state index in [2.05, 4.69) is 15.2 Å². The van der Waals surface area contributed by atoms with Gasteiger partial charge in [-0.1, -0.05) is 42.1 Å². The van der Waals surface area contributed by atoms with E-state index in [9.17, 15) is 9.18 Å². The molecule has 0 saturated carbocycles. The molecular formula is C22H20FN3O3S. The van der Waals surface area contributed by atoms with E-state index in [0.29, 0.717) is 5.56 Å². The van der Waals surface area contributed by atoms with Crippen molar-refractivity contribution in [1.29, 1.82) is 0 Å². The first-order valence-electron chi connectivity index (χ1n) is 9.46. The molecule has 0 saturated heterocycles. The minimum atomic E-state index is -0.634. The molecule has 154 valence electrons. The van der Waals surface area contributed by atoms with Crippen molar-refractivity contribution in [1.82, 2.24) is 15.2 Å². The lowest BCUT2D eigenvalue weighted by atomic mass is 10.1. The topological polar surface area (TPSA) is 81.0 Å². The maximum absolute atomic E-state index is 13.8. The van der Waals surface area contributed by atoms with Crippen LogP contribution >= 0.6 is 11.8 Å². The van der Waals surface area contributed by atoms with Crippen LogP contribution in [0.25, 0.3) is 10.9 Å². The summed E-state index contributed by atoms with van der Waals surface area (Å²) in [6.07, 6.45) is -0.634. The second-order valence-electron chi connectivity index (χ2n) is 6.89. The molecule has 8 heteroatoms. The molecule has 0 fully saturated rings. The highest BCUT2D eigenvalue weighted by Crippen LogP contribution is 2.31. The van der Waals surface area contributed by atoms with Gasteiger partial charge >= 0.3 is 0 Å². The highest BCUT2D eigenvalue weighted by atomic mass is 32.2. The number of hydrogen-bond donors (Lipinski definition) is 1. The molecule has 0 amide bonds. The fourth-order valence-electron chi connectivity index (χ4n) is 3.22. The highest BCUT2D eigenvalue weighted by molar-refractivity contribution is 8.00. The van der Waals surface area contributed by atoms with E-state index in [1.165, 1.54) is 23.9 Å². The predicted octanol–water partition coefficient (Wildman–Crippen LogP) is 5.50. The van der Waals surface area contributed by atoms with Crippen molar-refractivity contribution in [2.45, 2.75) is 37.3 Å². The summed E-state index contributed by atoms with van der Waals surface area (Å²) >= 11 is 1.18. The van der Waals surface area contributed by atoms with Crippen LogP contribution in [0.2, 0.25) is 0 Å². The third-order valence-corrected chi connectivity index (χ3v) is 5.63. The molecule has 2 heterocycles. The van der Waals surface area contributed by atoms with Gasteiger partial charge in [0.05, 0.1) is 5.25 Å². The minimum absolute atomic E-state index is 0.0228. The third-order valence-electron chi connectivity index (χ3n) is 4.70. The SMILES string of the molecule is Cc1[nH]c2ccccc2c1C(=O)[C@H](C)Sc1nnc([C@H](C)Oc2ccccc2F)o1. The summed E-state index contributed by atoms with van der Waals surface area (Å²) in [5.41, 5.74) is 2.42. The summed E-state index contributed by atoms with van der Waals surface area (Å²) in [4.78, 5) is 16.3. The first-order valence-corrected chi connectivity index (χ1v) is 10.3. The van der Waals surface area contributed by atoms with Crippen molar-refractivity contribution in [2.24, 2.45) is 0 Å². The van der Waals surface area contributed by atoms with Gasteiger partial charge in [-0.05, 0) is 39.0 Å². The van der Waals surface area contributed by atoms with Crippen molar-refractivity contribution in [3.63, 3.8) is 0 Å². The standard InChI is InChI=1S/C22H20FN3O3S/c1-12-19(15-8-4-6-10-17(15)24-12)20(27)14(3)30-22-26-25-21(29-22)13(2)28-18-11-7-5-9-16(18)23/h4-11,13-14,24H,1-3H3/t13-,14-/m0/s1. The van der Waals surface area contributed by atoms with Gasteiger partial charge < -0.3 is 14.1 Å². The maximum Gasteiger partial charge on any atom is 0.277 e. The monoisotopic (exact) mass is 425 g/mol. The molecule has 2 aromatic carbocycles. The third kappa shape index (κ3) is 3.95. The van der Waals surface area contributed by atoms with Gasteiger partial charge in [-0.15, -0.1) is 10.2 Å². The van der Waals surface area contributed by atoms with Crippen LogP contribution in [0.3, 0.4) is 0 Å². The molecule has 6 nitrogen and oxygen atoms in total. The number of aryl methyl sites for hydroxylation is 1. The average molecular weight is 425 g/mol. The van der Waals surface area contributed by atoms with Gasteiger partial charge in [0, 0.05) is 22.2 Å². The Labute approximate surface area is 176 Å². The Morgan fingerprint density at radius 3 is 2.67 bits per heavy atom. The van der Waals surface area contributed by atoms with Gasteiger partial charge in [0.1, 0.15) is 0 Å². The lowest BCUT2D eigenvalue weighted by Crippen LogP contribution is -2.14. The molecule has 0 aliphatic carbocycles. The van der Waals surface area contributed by atoms with Crippen LogP contribution in [-0.4, -0.2) is 26.2 Å². The van der Waals surface area contributed by atoms with E-state index in [0.717, 1.165) is 16.6 Å². The van der Waals surface area contributed by atoms with Crippen LogP contribution in [0.15, 0.2) is 58.2 Å². The molecule has 2 aromatic heterocycles. The summed E-state index contributed by atoms with van der Waals surface area (Å²) in [5, 5.41) is 8.70. The van der Waals surface area contributed by atoms with Gasteiger partial charge in [-0.3, -0.25) is 4.79 Å². The molecule has 0 radical (unpaired) electrons. The number of carbonyl (C=O) groups is 1. The van der Waals surface area contributed by atoms with Crippen LogP contribution in [-0.2, 0) is 0 Å². The fourth-order valence-corrected chi connectivity index (χ4v) is 3.96.